The highest BCUT2D eigenvalue weighted by molar-refractivity contribution is 5.07. The minimum Gasteiger partial charge on any atom is -0.472 e. The zero-order valence-corrected chi connectivity index (χ0v) is 11.2. The first kappa shape index (κ1) is 12.7. The average Bonchev–Trinajstić information content (AvgIpc) is 2.85. The Kier molecular flexibility index (Phi) is 3.89. The largest absolute Gasteiger partial charge is 0.472 e. The molecule has 0 spiro atoms. The van der Waals surface area contributed by atoms with Crippen LogP contribution in [0, 0.1) is 0 Å². The number of nitrogens with zero attached hydrogens (tertiary/aromatic N) is 1. The molecule has 2 heterocycles. The van der Waals surface area contributed by atoms with Gasteiger partial charge in [-0.2, -0.15) is 0 Å². The second-order valence-corrected chi connectivity index (χ2v) is 5.25. The second kappa shape index (κ2) is 5.23. The smallest absolute Gasteiger partial charge is 0.0947 e. The lowest BCUT2D eigenvalue weighted by molar-refractivity contribution is 0.0744. The number of hydrogen-bond acceptors (Lipinski definition) is 3. The molecule has 1 aliphatic heterocycles. The maximum absolute atomic E-state index is 5.15. The summed E-state index contributed by atoms with van der Waals surface area (Å²) in [5.74, 6) is 0. The van der Waals surface area contributed by atoms with Crippen LogP contribution in [0.25, 0.3) is 0 Å². The molecule has 1 saturated heterocycles. The van der Waals surface area contributed by atoms with Gasteiger partial charge in [0.25, 0.3) is 0 Å². The summed E-state index contributed by atoms with van der Waals surface area (Å²) in [6.45, 7) is 10.1. The molecule has 1 fully saturated rings. The van der Waals surface area contributed by atoms with Crippen molar-refractivity contribution in [1.82, 2.24) is 10.2 Å². The topological polar surface area (TPSA) is 28.4 Å². The van der Waals surface area contributed by atoms with Crippen molar-refractivity contribution in [1.29, 1.82) is 0 Å². The van der Waals surface area contributed by atoms with Crippen LogP contribution in [0.15, 0.2) is 23.0 Å². The summed E-state index contributed by atoms with van der Waals surface area (Å²) in [7, 11) is 0. The molecular formula is C14H24N2O. The van der Waals surface area contributed by atoms with Crippen LogP contribution in [0.1, 0.15) is 39.2 Å². The van der Waals surface area contributed by atoms with E-state index >= 15 is 0 Å². The molecule has 1 aliphatic rings. The predicted octanol–water partition coefficient (Wildman–Crippen LogP) is 2.63. The minimum absolute atomic E-state index is 0.302. The van der Waals surface area contributed by atoms with E-state index in [2.05, 4.69) is 37.1 Å². The molecule has 0 radical (unpaired) electrons. The molecule has 1 aromatic rings. The minimum atomic E-state index is 0.302. The summed E-state index contributed by atoms with van der Waals surface area (Å²) >= 11 is 0. The normalized spacial score (nSPS) is 25.0. The van der Waals surface area contributed by atoms with Crippen molar-refractivity contribution >= 4 is 0 Å². The Morgan fingerprint density at radius 3 is 2.82 bits per heavy atom. The van der Waals surface area contributed by atoms with Gasteiger partial charge in [0.2, 0.25) is 0 Å². The van der Waals surface area contributed by atoms with E-state index in [0.717, 1.165) is 19.6 Å². The zero-order chi connectivity index (χ0) is 12.3. The van der Waals surface area contributed by atoms with Crippen LogP contribution >= 0.6 is 0 Å². The molecule has 3 heteroatoms. The van der Waals surface area contributed by atoms with Crippen LogP contribution in [-0.4, -0.2) is 29.6 Å². The van der Waals surface area contributed by atoms with E-state index in [-0.39, 0.29) is 0 Å². The van der Waals surface area contributed by atoms with Crippen molar-refractivity contribution < 1.29 is 4.42 Å². The van der Waals surface area contributed by atoms with Crippen LogP contribution in [0.5, 0.6) is 0 Å². The van der Waals surface area contributed by atoms with Gasteiger partial charge in [-0.05, 0) is 25.8 Å². The molecule has 1 atom stereocenters. The Labute approximate surface area is 104 Å². The first-order chi connectivity index (χ1) is 8.19. The molecule has 0 aromatic carbocycles. The SMILES string of the molecule is CCC1(CC)CN(Cc2ccoc2)C(C)CN1. The van der Waals surface area contributed by atoms with E-state index < -0.39 is 0 Å². The van der Waals surface area contributed by atoms with E-state index in [1.54, 1.807) is 6.26 Å². The first-order valence-electron chi connectivity index (χ1n) is 6.69. The van der Waals surface area contributed by atoms with Crippen LogP contribution in [0.2, 0.25) is 0 Å². The van der Waals surface area contributed by atoms with E-state index in [1.807, 2.05) is 6.26 Å². The second-order valence-electron chi connectivity index (χ2n) is 5.25. The number of hydrogen-bond donors (Lipinski definition) is 1. The van der Waals surface area contributed by atoms with Gasteiger partial charge in [0.1, 0.15) is 0 Å². The van der Waals surface area contributed by atoms with Crippen molar-refractivity contribution in [2.45, 2.75) is 51.7 Å². The number of nitrogens with one attached hydrogen (secondary N) is 1. The molecule has 96 valence electrons. The summed E-state index contributed by atoms with van der Waals surface area (Å²) < 4.78 is 5.15. The quantitative estimate of drug-likeness (QED) is 0.871. The third kappa shape index (κ3) is 2.72. The van der Waals surface area contributed by atoms with Gasteiger partial charge in [0, 0.05) is 36.8 Å². The molecule has 3 nitrogen and oxygen atoms in total. The molecule has 1 N–H and O–H groups in total. The van der Waals surface area contributed by atoms with Gasteiger partial charge in [-0.15, -0.1) is 0 Å². The van der Waals surface area contributed by atoms with Crippen molar-refractivity contribution in [3.05, 3.63) is 24.2 Å². The van der Waals surface area contributed by atoms with Gasteiger partial charge in [-0.3, -0.25) is 4.90 Å². The Balaban J connectivity index is 2.04. The molecule has 17 heavy (non-hydrogen) atoms. The van der Waals surface area contributed by atoms with Crippen molar-refractivity contribution in [3.8, 4) is 0 Å². The number of piperazine rings is 1. The Morgan fingerprint density at radius 1 is 1.47 bits per heavy atom. The van der Waals surface area contributed by atoms with Crippen LogP contribution in [0.3, 0.4) is 0 Å². The highest BCUT2D eigenvalue weighted by Gasteiger charge is 2.34. The molecule has 0 saturated carbocycles. The number of rotatable bonds is 4. The fourth-order valence-corrected chi connectivity index (χ4v) is 2.65. The molecule has 0 bridgehead atoms. The van der Waals surface area contributed by atoms with E-state index in [0.29, 0.717) is 11.6 Å². The van der Waals surface area contributed by atoms with Gasteiger partial charge >= 0.3 is 0 Å². The van der Waals surface area contributed by atoms with Gasteiger partial charge in [-0.25, -0.2) is 0 Å². The standard InChI is InChI=1S/C14H24N2O/c1-4-14(5-2)11-16(12(3)8-15-14)9-13-6-7-17-10-13/h6-7,10,12,15H,4-5,8-9,11H2,1-3H3. The van der Waals surface area contributed by atoms with Gasteiger partial charge in [0.15, 0.2) is 0 Å². The van der Waals surface area contributed by atoms with Gasteiger partial charge in [0.05, 0.1) is 12.5 Å². The monoisotopic (exact) mass is 236 g/mol. The number of furan rings is 1. The zero-order valence-electron chi connectivity index (χ0n) is 11.2. The average molecular weight is 236 g/mol. The Hall–Kier alpha value is -0.800. The predicted molar refractivity (Wildman–Crippen MR) is 69.9 cm³/mol. The van der Waals surface area contributed by atoms with E-state index in [1.165, 1.54) is 18.4 Å². The summed E-state index contributed by atoms with van der Waals surface area (Å²) in [5, 5.41) is 3.73. The van der Waals surface area contributed by atoms with Gasteiger partial charge in [-0.1, -0.05) is 13.8 Å². The highest BCUT2D eigenvalue weighted by atomic mass is 16.3. The van der Waals surface area contributed by atoms with Crippen molar-refractivity contribution in [2.75, 3.05) is 13.1 Å². The van der Waals surface area contributed by atoms with Crippen molar-refractivity contribution in [3.63, 3.8) is 0 Å². The molecule has 1 aromatic heterocycles. The Morgan fingerprint density at radius 2 is 2.24 bits per heavy atom. The Bertz CT molecular complexity index is 330. The molecule has 0 aliphatic carbocycles. The molecule has 2 rings (SSSR count). The molecule has 0 amide bonds. The van der Waals surface area contributed by atoms with E-state index in [4.69, 9.17) is 4.42 Å². The lowest BCUT2D eigenvalue weighted by atomic mass is 9.88. The highest BCUT2D eigenvalue weighted by Crippen LogP contribution is 2.24. The lowest BCUT2D eigenvalue weighted by Gasteiger charge is -2.46. The first-order valence-corrected chi connectivity index (χ1v) is 6.69. The summed E-state index contributed by atoms with van der Waals surface area (Å²) in [6.07, 6.45) is 6.00. The summed E-state index contributed by atoms with van der Waals surface area (Å²) in [5.41, 5.74) is 1.58. The summed E-state index contributed by atoms with van der Waals surface area (Å²) in [4.78, 5) is 2.56. The fraction of sp³-hybridized carbons (Fsp3) is 0.714. The van der Waals surface area contributed by atoms with Crippen LogP contribution in [0.4, 0.5) is 0 Å². The summed E-state index contributed by atoms with van der Waals surface area (Å²) in [6, 6.07) is 2.66. The molecule has 1 unspecified atom stereocenters. The van der Waals surface area contributed by atoms with Crippen LogP contribution in [-0.2, 0) is 6.54 Å². The molecular weight excluding hydrogens is 212 g/mol. The third-order valence-corrected chi connectivity index (χ3v) is 4.22. The third-order valence-electron chi connectivity index (χ3n) is 4.22. The fourth-order valence-electron chi connectivity index (χ4n) is 2.65. The maximum Gasteiger partial charge on any atom is 0.0947 e. The van der Waals surface area contributed by atoms with Gasteiger partial charge < -0.3 is 9.73 Å². The van der Waals surface area contributed by atoms with Crippen LogP contribution < -0.4 is 5.32 Å². The lowest BCUT2D eigenvalue weighted by Crippen LogP contribution is -2.62. The van der Waals surface area contributed by atoms with E-state index in [9.17, 15) is 0 Å². The maximum atomic E-state index is 5.15. The van der Waals surface area contributed by atoms with Crippen molar-refractivity contribution in [2.24, 2.45) is 0 Å².